The summed E-state index contributed by atoms with van der Waals surface area (Å²) in [5, 5.41) is 2.71. The molecule has 1 saturated heterocycles. The van der Waals surface area contributed by atoms with Gasteiger partial charge in [0.05, 0.1) is 18.6 Å². The topological polar surface area (TPSA) is 62.6 Å². The highest BCUT2D eigenvalue weighted by atomic mass is 32.2. The van der Waals surface area contributed by atoms with Gasteiger partial charge in [-0.15, -0.1) is 11.8 Å². The van der Waals surface area contributed by atoms with Crippen LogP contribution in [0, 0.1) is 6.92 Å². The highest BCUT2D eigenvalue weighted by Gasteiger charge is 2.39. The first-order valence-electron chi connectivity index (χ1n) is 7.86. The number of amides is 2. The Hall–Kier alpha value is -2.21. The Labute approximate surface area is 145 Å². The standard InChI is InChI=1S/C18H20N2O3S/c1-12-6-3-4-8-15(12)18-20(16(21)11-24-18)13(2)17(22)19-10-14-7-5-9-23-14/h3-9,13,18H,10-11H2,1-2H3,(H,19,22)/t13-,18+/m0/s1. The molecular weight excluding hydrogens is 324 g/mol. The van der Waals surface area contributed by atoms with Crippen molar-refractivity contribution >= 4 is 23.6 Å². The number of rotatable bonds is 5. The first-order valence-corrected chi connectivity index (χ1v) is 8.91. The molecule has 126 valence electrons. The van der Waals surface area contributed by atoms with Crippen LogP contribution in [0.25, 0.3) is 0 Å². The Balaban J connectivity index is 1.73. The maximum absolute atomic E-state index is 12.5. The SMILES string of the molecule is Cc1ccccc1[C@H]1SCC(=O)N1[C@@H](C)C(=O)NCc1ccco1. The summed E-state index contributed by atoms with van der Waals surface area (Å²) in [5.74, 6) is 0.900. The first kappa shape index (κ1) is 16.6. The molecule has 1 aliphatic heterocycles. The molecule has 0 spiro atoms. The average Bonchev–Trinajstić information content (AvgIpc) is 3.22. The predicted octanol–water partition coefficient (Wildman–Crippen LogP) is 2.87. The molecule has 2 atom stereocenters. The second-order valence-electron chi connectivity index (χ2n) is 5.79. The van der Waals surface area contributed by atoms with E-state index in [2.05, 4.69) is 5.32 Å². The molecule has 0 saturated carbocycles. The number of benzene rings is 1. The lowest BCUT2D eigenvalue weighted by Gasteiger charge is -2.30. The van der Waals surface area contributed by atoms with Gasteiger partial charge < -0.3 is 14.6 Å². The number of thioether (sulfide) groups is 1. The summed E-state index contributed by atoms with van der Waals surface area (Å²) in [6.45, 7) is 4.12. The Bertz CT molecular complexity index is 730. The molecule has 0 unspecified atom stereocenters. The van der Waals surface area contributed by atoms with E-state index < -0.39 is 6.04 Å². The Morgan fingerprint density at radius 1 is 1.38 bits per heavy atom. The van der Waals surface area contributed by atoms with Gasteiger partial charge in [0.15, 0.2) is 0 Å². The van der Waals surface area contributed by atoms with Crippen LogP contribution < -0.4 is 5.32 Å². The van der Waals surface area contributed by atoms with Crippen LogP contribution in [0.1, 0.15) is 29.2 Å². The number of hydrogen-bond donors (Lipinski definition) is 1. The fraction of sp³-hybridized carbons (Fsp3) is 0.333. The maximum atomic E-state index is 12.5. The van der Waals surface area contributed by atoms with Crippen molar-refractivity contribution < 1.29 is 14.0 Å². The zero-order chi connectivity index (χ0) is 17.1. The fourth-order valence-corrected chi connectivity index (χ4v) is 4.17. The summed E-state index contributed by atoms with van der Waals surface area (Å²) in [6, 6.07) is 11.0. The summed E-state index contributed by atoms with van der Waals surface area (Å²) >= 11 is 1.57. The summed E-state index contributed by atoms with van der Waals surface area (Å²) in [6.07, 6.45) is 1.57. The van der Waals surface area contributed by atoms with Gasteiger partial charge in [-0.1, -0.05) is 24.3 Å². The second kappa shape index (κ2) is 7.13. The van der Waals surface area contributed by atoms with E-state index in [0.717, 1.165) is 11.1 Å². The molecule has 1 fully saturated rings. The molecule has 24 heavy (non-hydrogen) atoms. The van der Waals surface area contributed by atoms with Gasteiger partial charge >= 0.3 is 0 Å². The van der Waals surface area contributed by atoms with Gasteiger partial charge in [-0.25, -0.2) is 0 Å². The molecule has 1 aromatic heterocycles. The van der Waals surface area contributed by atoms with Crippen LogP contribution in [0.5, 0.6) is 0 Å². The van der Waals surface area contributed by atoms with E-state index in [1.165, 1.54) is 0 Å². The summed E-state index contributed by atoms with van der Waals surface area (Å²) in [4.78, 5) is 26.5. The Kier molecular flexibility index (Phi) is 4.94. The minimum Gasteiger partial charge on any atom is -0.467 e. The molecule has 1 N–H and O–H groups in total. The van der Waals surface area contributed by atoms with E-state index in [4.69, 9.17) is 4.42 Å². The number of carbonyl (C=O) groups excluding carboxylic acids is 2. The van der Waals surface area contributed by atoms with Crippen molar-refractivity contribution in [3.05, 3.63) is 59.5 Å². The van der Waals surface area contributed by atoms with Crippen molar-refractivity contribution in [1.82, 2.24) is 10.2 Å². The molecule has 2 amide bonds. The van der Waals surface area contributed by atoms with Crippen LogP contribution in [0.4, 0.5) is 0 Å². The van der Waals surface area contributed by atoms with Crippen molar-refractivity contribution in [1.29, 1.82) is 0 Å². The van der Waals surface area contributed by atoms with Crippen molar-refractivity contribution in [3.63, 3.8) is 0 Å². The molecule has 6 heteroatoms. The normalized spacial score (nSPS) is 18.7. The van der Waals surface area contributed by atoms with Gasteiger partial charge in [0, 0.05) is 0 Å². The largest absolute Gasteiger partial charge is 0.467 e. The van der Waals surface area contributed by atoms with Crippen LogP contribution in [0.3, 0.4) is 0 Å². The highest BCUT2D eigenvalue weighted by Crippen LogP contribution is 2.41. The molecule has 1 aliphatic rings. The maximum Gasteiger partial charge on any atom is 0.242 e. The number of nitrogens with zero attached hydrogens (tertiary/aromatic N) is 1. The number of furan rings is 1. The van der Waals surface area contributed by atoms with E-state index in [9.17, 15) is 9.59 Å². The van der Waals surface area contributed by atoms with Crippen LogP contribution in [-0.2, 0) is 16.1 Å². The minimum atomic E-state index is -0.535. The van der Waals surface area contributed by atoms with Crippen molar-refractivity contribution in [2.24, 2.45) is 0 Å². The van der Waals surface area contributed by atoms with E-state index in [0.29, 0.717) is 18.1 Å². The van der Waals surface area contributed by atoms with Crippen molar-refractivity contribution in [2.75, 3.05) is 5.75 Å². The molecule has 1 aromatic carbocycles. The van der Waals surface area contributed by atoms with Gasteiger partial charge in [0.1, 0.15) is 17.2 Å². The van der Waals surface area contributed by atoms with E-state index in [1.807, 2.05) is 31.2 Å². The van der Waals surface area contributed by atoms with Crippen LogP contribution in [0.2, 0.25) is 0 Å². The molecule has 2 heterocycles. The smallest absolute Gasteiger partial charge is 0.242 e. The molecule has 5 nitrogen and oxygen atoms in total. The Morgan fingerprint density at radius 2 is 2.17 bits per heavy atom. The number of aryl methyl sites for hydroxylation is 1. The molecule has 3 rings (SSSR count). The number of hydrogen-bond acceptors (Lipinski definition) is 4. The third kappa shape index (κ3) is 3.33. The zero-order valence-corrected chi connectivity index (χ0v) is 14.5. The van der Waals surface area contributed by atoms with Crippen molar-refractivity contribution in [3.8, 4) is 0 Å². The van der Waals surface area contributed by atoms with Crippen LogP contribution in [-0.4, -0.2) is 28.5 Å². The van der Waals surface area contributed by atoms with E-state index >= 15 is 0 Å². The third-order valence-corrected chi connectivity index (χ3v) is 5.38. The Morgan fingerprint density at radius 3 is 2.88 bits per heavy atom. The number of carbonyl (C=O) groups is 2. The molecule has 0 radical (unpaired) electrons. The highest BCUT2D eigenvalue weighted by molar-refractivity contribution is 8.00. The quantitative estimate of drug-likeness (QED) is 0.906. The molecular formula is C18H20N2O3S. The van der Waals surface area contributed by atoms with Crippen LogP contribution in [0.15, 0.2) is 47.1 Å². The molecule has 0 bridgehead atoms. The molecule has 2 aromatic rings. The first-order chi connectivity index (χ1) is 11.6. The van der Waals surface area contributed by atoms with Gasteiger partial charge in [0.25, 0.3) is 0 Å². The van der Waals surface area contributed by atoms with E-state index in [1.54, 1.807) is 42.0 Å². The lowest BCUT2D eigenvalue weighted by Crippen LogP contribution is -2.46. The summed E-state index contributed by atoms with van der Waals surface area (Å²) < 4.78 is 5.22. The minimum absolute atomic E-state index is 0.00565. The van der Waals surface area contributed by atoms with Crippen LogP contribution >= 0.6 is 11.8 Å². The van der Waals surface area contributed by atoms with E-state index in [-0.39, 0.29) is 17.2 Å². The second-order valence-corrected chi connectivity index (χ2v) is 6.86. The monoisotopic (exact) mass is 344 g/mol. The van der Waals surface area contributed by atoms with Gasteiger partial charge in [-0.05, 0) is 37.1 Å². The molecule has 0 aliphatic carbocycles. The van der Waals surface area contributed by atoms with Gasteiger partial charge in [0.2, 0.25) is 11.8 Å². The predicted molar refractivity (Wildman–Crippen MR) is 93.2 cm³/mol. The zero-order valence-electron chi connectivity index (χ0n) is 13.7. The lowest BCUT2D eigenvalue weighted by atomic mass is 10.1. The third-order valence-electron chi connectivity index (χ3n) is 4.17. The fourth-order valence-electron chi connectivity index (χ4n) is 2.82. The van der Waals surface area contributed by atoms with Gasteiger partial charge in [-0.2, -0.15) is 0 Å². The average molecular weight is 344 g/mol. The summed E-state index contributed by atoms with van der Waals surface area (Å²) in [7, 11) is 0. The van der Waals surface area contributed by atoms with Gasteiger partial charge in [-0.3, -0.25) is 9.59 Å². The summed E-state index contributed by atoms with van der Waals surface area (Å²) in [5.41, 5.74) is 2.21. The lowest BCUT2D eigenvalue weighted by molar-refractivity contribution is -0.138. The number of nitrogens with one attached hydrogen (secondary N) is 1. The van der Waals surface area contributed by atoms with Crippen molar-refractivity contribution in [2.45, 2.75) is 31.8 Å².